The smallest absolute Gasteiger partial charge is 0.106 e. The molecule has 0 saturated carbocycles. The van der Waals surface area contributed by atoms with Gasteiger partial charge in [0.1, 0.15) is 6.10 Å². The van der Waals surface area contributed by atoms with Gasteiger partial charge in [0.25, 0.3) is 0 Å². The molecule has 2 atom stereocenters. The van der Waals surface area contributed by atoms with E-state index in [2.05, 4.69) is 6.92 Å². The van der Waals surface area contributed by atoms with Crippen LogP contribution in [0.15, 0.2) is 0 Å². The minimum Gasteiger partial charge on any atom is -0.394 e. The highest BCUT2D eigenvalue weighted by Crippen LogP contribution is 2.30. The molecule has 2 N–H and O–H groups in total. The molecule has 0 bridgehead atoms. The van der Waals surface area contributed by atoms with Gasteiger partial charge >= 0.3 is 0 Å². The van der Waals surface area contributed by atoms with Gasteiger partial charge in [-0.25, -0.2) is 0 Å². The topological polar surface area (TPSA) is 49.7 Å². The summed E-state index contributed by atoms with van der Waals surface area (Å²) in [6, 6.07) is 0. The van der Waals surface area contributed by atoms with E-state index in [0.29, 0.717) is 6.61 Å². The fourth-order valence-corrected chi connectivity index (χ4v) is 2.34. The van der Waals surface area contributed by atoms with Crippen molar-refractivity contribution in [3.63, 3.8) is 0 Å². The number of aliphatic hydroxyl groups is 2. The molecule has 0 heterocycles. The molecule has 2 unspecified atom stereocenters. The van der Waals surface area contributed by atoms with Crippen LogP contribution in [-0.2, 0) is 4.74 Å². The second kappa shape index (κ2) is 8.90. The van der Waals surface area contributed by atoms with Crippen molar-refractivity contribution in [2.75, 3.05) is 13.2 Å². The molecule has 0 aliphatic carbocycles. The van der Waals surface area contributed by atoms with E-state index in [4.69, 9.17) is 9.84 Å². The van der Waals surface area contributed by atoms with Crippen LogP contribution in [-0.4, -0.2) is 35.1 Å². The van der Waals surface area contributed by atoms with E-state index in [1.807, 2.05) is 20.8 Å². The van der Waals surface area contributed by atoms with Crippen molar-refractivity contribution in [3.8, 4) is 0 Å². The first-order valence-corrected chi connectivity index (χ1v) is 6.98. The summed E-state index contributed by atoms with van der Waals surface area (Å²) in [5.74, 6) is 0.195. The first kappa shape index (κ1) is 16.9. The van der Waals surface area contributed by atoms with E-state index in [1.165, 1.54) is 19.3 Å². The normalized spacial score (nSPS) is 17.1. The van der Waals surface area contributed by atoms with Gasteiger partial charge in [0, 0.05) is 6.61 Å². The summed E-state index contributed by atoms with van der Waals surface area (Å²) in [4.78, 5) is 0. The summed E-state index contributed by atoms with van der Waals surface area (Å²) in [5.41, 5.74) is -0.596. The van der Waals surface area contributed by atoms with Crippen LogP contribution >= 0.6 is 0 Å². The van der Waals surface area contributed by atoms with Gasteiger partial charge in [-0.2, -0.15) is 0 Å². The number of unbranched alkanes of at least 4 members (excludes halogenated alkanes) is 3. The fourth-order valence-electron chi connectivity index (χ4n) is 2.34. The lowest BCUT2D eigenvalue weighted by molar-refractivity contribution is -0.164. The molecule has 0 aliphatic heterocycles. The zero-order valence-electron chi connectivity index (χ0n) is 11.9. The number of hydrogen-bond acceptors (Lipinski definition) is 3. The second-order valence-corrected chi connectivity index (χ2v) is 5.07. The number of rotatable bonds is 10. The van der Waals surface area contributed by atoms with Gasteiger partial charge in [0.2, 0.25) is 0 Å². The molecule has 0 rings (SSSR count). The van der Waals surface area contributed by atoms with Crippen molar-refractivity contribution in [1.29, 1.82) is 0 Å². The summed E-state index contributed by atoms with van der Waals surface area (Å²) >= 11 is 0. The predicted molar refractivity (Wildman–Crippen MR) is 71.0 cm³/mol. The average molecular weight is 246 g/mol. The van der Waals surface area contributed by atoms with Crippen LogP contribution in [0.5, 0.6) is 0 Å². The van der Waals surface area contributed by atoms with Crippen LogP contribution in [0.2, 0.25) is 0 Å². The standard InChI is InChI=1S/C14H30O3/c1-5-7-8-9-10-17-14(6-2,12(3)4)13(16)11-15/h12-13,15-16H,5-11H2,1-4H3. The molecular formula is C14H30O3. The van der Waals surface area contributed by atoms with Crippen LogP contribution < -0.4 is 0 Å². The highest BCUT2D eigenvalue weighted by atomic mass is 16.5. The summed E-state index contributed by atoms with van der Waals surface area (Å²) in [6.45, 7) is 8.69. The van der Waals surface area contributed by atoms with E-state index >= 15 is 0 Å². The van der Waals surface area contributed by atoms with Gasteiger partial charge in [-0.15, -0.1) is 0 Å². The predicted octanol–water partition coefficient (Wildman–Crippen LogP) is 2.74. The molecule has 0 aliphatic rings. The third-order valence-corrected chi connectivity index (χ3v) is 3.64. The van der Waals surface area contributed by atoms with Gasteiger partial charge in [-0.05, 0) is 18.8 Å². The summed E-state index contributed by atoms with van der Waals surface area (Å²) < 4.78 is 5.93. The molecule has 0 aromatic carbocycles. The van der Waals surface area contributed by atoms with Crippen LogP contribution in [0.3, 0.4) is 0 Å². The van der Waals surface area contributed by atoms with Crippen molar-refractivity contribution in [3.05, 3.63) is 0 Å². The Hall–Kier alpha value is -0.120. The monoisotopic (exact) mass is 246 g/mol. The molecule has 0 aromatic rings. The van der Waals surface area contributed by atoms with Crippen molar-refractivity contribution in [2.24, 2.45) is 5.92 Å². The largest absolute Gasteiger partial charge is 0.394 e. The van der Waals surface area contributed by atoms with Gasteiger partial charge in [-0.1, -0.05) is 47.0 Å². The quantitative estimate of drug-likeness (QED) is 0.583. The van der Waals surface area contributed by atoms with Crippen LogP contribution in [0, 0.1) is 5.92 Å². The van der Waals surface area contributed by atoms with Crippen LogP contribution in [0.1, 0.15) is 59.8 Å². The Kier molecular flexibility index (Phi) is 8.83. The zero-order valence-corrected chi connectivity index (χ0v) is 11.9. The minimum atomic E-state index is -0.793. The number of aliphatic hydroxyl groups excluding tert-OH is 2. The minimum absolute atomic E-state index is 0.195. The van der Waals surface area contributed by atoms with Gasteiger partial charge < -0.3 is 14.9 Å². The maximum atomic E-state index is 9.97. The molecule has 3 nitrogen and oxygen atoms in total. The van der Waals surface area contributed by atoms with E-state index in [-0.39, 0.29) is 12.5 Å². The van der Waals surface area contributed by atoms with E-state index in [0.717, 1.165) is 12.8 Å². The molecule has 0 spiro atoms. The van der Waals surface area contributed by atoms with Crippen molar-refractivity contribution in [1.82, 2.24) is 0 Å². The Labute approximate surface area is 106 Å². The molecule has 0 aromatic heterocycles. The van der Waals surface area contributed by atoms with Crippen molar-refractivity contribution >= 4 is 0 Å². The zero-order chi connectivity index (χ0) is 13.3. The maximum absolute atomic E-state index is 9.97. The Bertz CT molecular complexity index is 182. The third-order valence-electron chi connectivity index (χ3n) is 3.64. The van der Waals surface area contributed by atoms with E-state index in [9.17, 15) is 5.11 Å². The number of ether oxygens (including phenoxy) is 1. The first-order valence-electron chi connectivity index (χ1n) is 6.98. The Morgan fingerprint density at radius 3 is 2.18 bits per heavy atom. The lowest BCUT2D eigenvalue weighted by Gasteiger charge is -2.40. The van der Waals surface area contributed by atoms with Gasteiger partial charge in [-0.3, -0.25) is 0 Å². The fraction of sp³-hybridized carbons (Fsp3) is 1.00. The highest BCUT2D eigenvalue weighted by molar-refractivity contribution is 4.90. The molecule has 0 radical (unpaired) electrons. The average Bonchev–Trinajstić information content (AvgIpc) is 2.33. The second-order valence-electron chi connectivity index (χ2n) is 5.07. The molecular weight excluding hydrogens is 216 g/mol. The van der Waals surface area contributed by atoms with Crippen LogP contribution in [0.25, 0.3) is 0 Å². The Morgan fingerprint density at radius 2 is 1.76 bits per heavy atom. The van der Waals surface area contributed by atoms with Crippen molar-refractivity contribution < 1.29 is 14.9 Å². The first-order chi connectivity index (χ1) is 8.05. The third kappa shape index (κ3) is 4.94. The lowest BCUT2D eigenvalue weighted by atomic mass is 9.82. The van der Waals surface area contributed by atoms with E-state index < -0.39 is 11.7 Å². The molecule has 3 heteroatoms. The molecule has 0 fully saturated rings. The molecule has 0 amide bonds. The lowest BCUT2D eigenvalue weighted by Crippen LogP contribution is -2.50. The summed E-state index contributed by atoms with van der Waals surface area (Å²) in [5, 5.41) is 19.1. The Morgan fingerprint density at radius 1 is 1.12 bits per heavy atom. The van der Waals surface area contributed by atoms with Crippen molar-refractivity contribution in [2.45, 2.75) is 71.5 Å². The number of hydrogen-bond donors (Lipinski definition) is 2. The van der Waals surface area contributed by atoms with E-state index in [1.54, 1.807) is 0 Å². The molecule has 104 valence electrons. The van der Waals surface area contributed by atoms with Gasteiger partial charge in [0.15, 0.2) is 0 Å². The SMILES string of the molecule is CCCCCCOC(CC)(C(C)C)C(O)CO. The van der Waals surface area contributed by atoms with Crippen LogP contribution in [0.4, 0.5) is 0 Å². The maximum Gasteiger partial charge on any atom is 0.106 e. The summed E-state index contributed by atoms with van der Waals surface area (Å²) in [6.07, 6.45) is 4.57. The molecule has 0 saturated heterocycles. The molecule has 17 heavy (non-hydrogen) atoms. The van der Waals surface area contributed by atoms with Gasteiger partial charge in [0.05, 0.1) is 12.2 Å². The highest BCUT2D eigenvalue weighted by Gasteiger charge is 2.40. The Balaban J connectivity index is 4.28. The summed E-state index contributed by atoms with van der Waals surface area (Å²) in [7, 11) is 0.